The molecule has 0 fully saturated rings. The lowest BCUT2D eigenvalue weighted by Crippen LogP contribution is -2.08. The van der Waals surface area contributed by atoms with E-state index in [-0.39, 0.29) is 5.78 Å². The van der Waals surface area contributed by atoms with E-state index < -0.39 is 0 Å². The summed E-state index contributed by atoms with van der Waals surface area (Å²) in [5.41, 5.74) is 0.795. The second-order valence-corrected chi connectivity index (χ2v) is 3.92. The van der Waals surface area contributed by atoms with Gasteiger partial charge in [0.25, 0.3) is 0 Å². The average Bonchev–Trinajstić information content (AvgIpc) is 2.78. The molecule has 96 valence electrons. The Morgan fingerprint density at radius 3 is 2.88 bits per heavy atom. The summed E-state index contributed by atoms with van der Waals surface area (Å²) in [6, 6.07) is 1.87. The van der Waals surface area contributed by atoms with Gasteiger partial charge in [-0.25, -0.2) is 0 Å². The van der Waals surface area contributed by atoms with E-state index in [1.807, 2.05) is 30.0 Å². The van der Waals surface area contributed by atoms with Gasteiger partial charge < -0.3 is 14.0 Å². The summed E-state index contributed by atoms with van der Waals surface area (Å²) in [6.45, 7) is 4.65. The molecule has 1 rings (SSSR count). The lowest BCUT2D eigenvalue weighted by Gasteiger charge is -2.04. The Morgan fingerprint density at radius 2 is 2.18 bits per heavy atom. The third-order valence-corrected chi connectivity index (χ3v) is 2.48. The van der Waals surface area contributed by atoms with Gasteiger partial charge in [-0.15, -0.1) is 0 Å². The summed E-state index contributed by atoms with van der Waals surface area (Å²) in [5.74, 6) is 0.214. The second-order valence-electron chi connectivity index (χ2n) is 3.92. The van der Waals surface area contributed by atoms with Crippen molar-refractivity contribution in [3.8, 4) is 0 Å². The van der Waals surface area contributed by atoms with Crippen LogP contribution in [0, 0.1) is 0 Å². The first-order valence-corrected chi connectivity index (χ1v) is 6.03. The van der Waals surface area contributed by atoms with Crippen molar-refractivity contribution in [3.63, 3.8) is 0 Å². The van der Waals surface area contributed by atoms with Crippen LogP contribution in [0.2, 0.25) is 0 Å². The number of ketones is 1. The van der Waals surface area contributed by atoms with Gasteiger partial charge in [-0.3, -0.25) is 4.79 Å². The minimum Gasteiger partial charge on any atom is -0.382 e. The maximum absolute atomic E-state index is 11.6. The van der Waals surface area contributed by atoms with E-state index >= 15 is 0 Å². The maximum atomic E-state index is 11.6. The smallest absolute Gasteiger partial charge is 0.164 e. The van der Waals surface area contributed by atoms with E-state index in [2.05, 4.69) is 0 Å². The zero-order valence-electron chi connectivity index (χ0n) is 10.6. The lowest BCUT2D eigenvalue weighted by atomic mass is 10.1. The highest BCUT2D eigenvalue weighted by molar-refractivity contribution is 5.95. The fourth-order valence-electron chi connectivity index (χ4n) is 1.53. The molecule has 1 aromatic rings. The number of Topliss-reactive ketones (excluding diaryl/α,β-unsaturated/α-hetero) is 1. The summed E-state index contributed by atoms with van der Waals surface area (Å²) < 4.78 is 12.2. The highest BCUT2D eigenvalue weighted by atomic mass is 16.5. The summed E-state index contributed by atoms with van der Waals surface area (Å²) in [7, 11) is 1.65. The van der Waals surface area contributed by atoms with E-state index in [0.29, 0.717) is 26.2 Å². The van der Waals surface area contributed by atoms with Crippen LogP contribution < -0.4 is 0 Å². The number of carbonyl (C=O) groups is 1. The molecule has 0 aliphatic rings. The van der Waals surface area contributed by atoms with Crippen LogP contribution in [0.25, 0.3) is 0 Å². The number of carbonyl (C=O) groups excluding carboxylic acids is 1. The SMILES string of the molecule is CCCC(=O)c1ccn(CCOCCOC)c1. The van der Waals surface area contributed by atoms with E-state index in [1.54, 1.807) is 7.11 Å². The fraction of sp³-hybridized carbons (Fsp3) is 0.615. The third kappa shape index (κ3) is 5.15. The van der Waals surface area contributed by atoms with Gasteiger partial charge in [-0.1, -0.05) is 6.92 Å². The molecule has 0 amide bonds. The van der Waals surface area contributed by atoms with Crippen molar-refractivity contribution in [1.29, 1.82) is 0 Å². The number of ether oxygens (including phenoxy) is 2. The van der Waals surface area contributed by atoms with Gasteiger partial charge in [0, 0.05) is 38.0 Å². The Bertz CT molecular complexity index is 333. The zero-order valence-corrected chi connectivity index (χ0v) is 10.6. The molecule has 1 heterocycles. The molecule has 0 aliphatic carbocycles. The molecule has 0 unspecified atom stereocenters. The van der Waals surface area contributed by atoms with Crippen molar-refractivity contribution < 1.29 is 14.3 Å². The highest BCUT2D eigenvalue weighted by Gasteiger charge is 2.05. The number of methoxy groups -OCH3 is 1. The molecule has 0 spiro atoms. The standard InChI is InChI=1S/C13H21NO3/c1-3-4-13(15)12-5-6-14(11-12)7-8-17-10-9-16-2/h5-6,11H,3-4,7-10H2,1-2H3. The second kappa shape index (κ2) is 8.03. The van der Waals surface area contributed by atoms with Gasteiger partial charge in [0.15, 0.2) is 5.78 Å². The van der Waals surface area contributed by atoms with Crippen LogP contribution in [0.5, 0.6) is 0 Å². The van der Waals surface area contributed by atoms with Gasteiger partial charge in [0.2, 0.25) is 0 Å². The molecule has 0 atom stereocenters. The summed E-state index contributed by atoms with van der Waals surface area (Å²) in [6.07, 6.45) is 5.32. The van der Waals surface area contributed by atoms with Crippen molar-refractivity contribution in [3.05, 3.63) is 24.0 Å². The Kier molecular flexibility index (Phi) is 6.58. The first-order chi connectivity index (χ1) is 8.27. The van der Waals surface area contributed by atoms with E-state index in [9.17, 15) is 4.79 Å². The topological polar surface area (TPSA) is 40.5 Å². The van der Waals surface area contributed by atoms with Gasteiger partial charge in [0.05, 0.1) is 19.8 Å². The minimum absolute atomic E-state index is 0.214. The third-order valence-electron chi connectivity index (χ3n) is 2.48. The Labute approximate surface area is 103 Å². The molecular weight excluding hydrogens is 218 g/mol. The normalized spacial score (nSPS) is 10.7. The number of hydrogen-bond acceptors (Lipinski definition) is 3. The molecule has 0 saturated heterocycles. The largest absolute Gasteiger partial charge is 0.382 e. The van der Waals surface area contributed by atoms with E-state index in [0.717, 1.165) is 18.5 Å². The summed E-state index contributed by atoms with van der Waals surface area (Å²) in [4.78, 5) is 11.6. The Morgan fingerprint density at radius 1 is 1.35 bits per heavy atom. The van der Waals surface area contributed by atoms with Crippen molar-refractivity contribution in [1.82, 2.24) is 4.57 Å². The molecule has 4 heteroatoms. The van der Waals surface area contributed by atoms with Crippen LogP contribution >= 0.6 is 0 Å². The molecule has 17 heavy (non-hydrogen) atoms. The monoisotopic (exact) mass is 239 g/mol. The summed E-state index contributed by atoms with van der Waals surface area (Å²) >= 11 is 0. The zero-order chi connectivity index (χ0) is 12.5. The van der Waals surface area contributed by atoms with E-state index in [1.165, 1.54) is 0 Å². The van der Waals surface area contributed by atoms with Crippen molar-refractivity contribution >= 4 is 5.78 Å². The van der Waals surface area contributed by atoms with Crippen molar-refractivity contribution in [2.75, 3.05) is 26.9 Å². The first kappa shape index (κ1) is 13.9. The molecule has 4 nitrogen and oxygen atoms in total. The van der Waals surface area contributed by atoms with Crippen LogP contribution in [0.1, 0.15) is 30.1 Å². The number of aromatic nitrogens is 1. The Balaban J connectivity index is 2.28. The lowest BCUT2D eigenvalue weighted by molar-refractivity contribution is 0.0666. The molecule has 0 saturated carbocycles. The first-order valence-electron chi connectivity index (χ1n) is 6.03. The van der Waals surface area contributed by atoms with Crippen LogP contribution in [0.4, 0.5) is 0 Å². The van der Waals surface area contributed by atoms with Crippen LogP contribution in [-0.2, 0) is 16.0 Å². The minimum atomic E-state index is 0.214. The molecule has 1 aromatic heterocycles. The maximum Gasteiger partial charge on any atom is 0.164 e. The highest BCUT2D eigenvalue weighted by Crippen LogP contribution is 2.06. The number of rotatable bonds is 9. The van der Waals surface area contributed by atoms with E-state index in [4.69, 9.17) is 9.47 Å². The number of hydrogen-bond donors (Lipinski definition) is 0. The molecule has 0 radical (unpaired) electrons. The van der Waals surface area contributed by atoms with Crippen molar-refractivity contribution in [2.24, 2.45) is 0 Å². The van der Waals surface area contributed by atoms with Crippen LogP contribution in [0.15, 0.2) is 18.5 Å². The van der Waals surface area contributed by atoms with Gasteiger partial charge in [-0.05, 0) is 12.5 Å². The fourth-order valence-corrected chi connectivity index (χ4v) is 1.53. The molecule has 0 N–H and O–H groups in total. The van der Waals surface area contributed by atoms with Crippen LogP contribution in [0.3, 0.4) is 0 Å². The van der Waals surface area contributed by atoms with Crippen molar-refractivity contribution in [2.45, 2.75) is 26.3 Å². The predicted molar refractivity (Wildman–Crippen MR) is 66.4 cm³/mol. The molecule has 0 aliphatic heterocycles. The Hall–Kier alpha value is -1.13. The van der Waals surface area contributed by atoms with Gasteiger partial charge >= 0.3 is 0 Å². The van der Waals surface area contributed by atoms with Crippen LogP contribution in [-0.4, -0.2) is 37.3 Å². The summed E-state index contributed by atoms with van der Waals surface area (Å²) in [5, 5.41) is 0. The van der Waals surface area contributed by atoms with Gasteiger partial charge in [-0.2, -0.15) is 0 Å². The quantitative estimate of drug-likeness (QED) is 0.489. The number of nitrogens with zero attached hydrogens (tertiary/aromatic N) is 1. The molecular formula is C13H21NO3. The van der Waals surface area contributed by atoms with Gasteiger partial charge in [0.1, 0.15) is 0 Å². The average molecular weight is 239 g/mol. The molecule has 0 aromatic carbocycles. The predicted octanol–water partition coefficient (Wildman–Crippen LogP) is 2.13. The molecule has 0 bridgehead atoms.